The first-order chi connectivity index (χ1) is 8.07. The van der Waals surface area contributed by atoms with E-state index >= 15 is 0 Å². The number of nitrogens with one attached hydrogen (secondary N) is 1. The number of rotatable bonds is 4. The summed E-state index contributed by atoms with van der Waals surface area (Å²) in [5.74, 6) is 0.0443. The first-order valence-corrected chi connectivity index (χ1v) is 5.76. The number of amides is 1. The molecule has 0 saturated carbocycles. The maximum atomic E-state index is 11.7. The molecule has 1 aromatic rings. The van der Waals surface area contributed by atoms with Crippen LogP contribution >= 0.6 is 0 Å². The van der Waals surface area contributed by atoms with Gasteiger partial charge in [0.1, 0.15) is 0 Å². The molecule has 1 amide bonds. The SMILES string of the molecule is CC1(CNC(=O)Cc2ccc(N)cc2)COC1. The first-order valence-electron chi connectivity index (χ1n) is 5.76. The van der Waals surface area contributed by atoms with Crippen LogP contribution in [0.2, 0.25) is 0 Å². The summed E-state index contributed by atoms with van der Waals surface area (Å²) < 4.78 is 5.14. The molecule has 0 unspecified atom stereocenters. The molecule has 3 N–H and O–H groups in total. The van der Waals surface area contributed by atoms with Gasteiger partial charge in [0.2, 0.25) is 5.91 Å². The van der Waals surface area contributed by atoms with Gasteiger partial charge in [-0.25, -0.2) is 0 Å². The summed E-state index contributed by atoms with van der Waals surface area (Å²) in [7, 11) is 0. The van der Waals surface area contributed by atoms with Crippen LogP contribution in [0.25, 0.3) is 0 Å². The highest BCUT2D eigenvalue weighted by molar-refractivity contribution is 5.78. The number of carbonyl (C=O) groups is 1. The average molecular weight is 234 g/mol. The molecule has 0 aliphatic carbocycles. The van der Waals surface area contributed by atoms with Crippen LogP contribution in [0.1, 0.15) is 12.5 Å². The van der Waals surface area contributed by atoms with Crippen LogP contribution in [0.3, 0.4) is 0 Å². The zero-order chi connectivity index (χ0) is 12.3. The van der Waals surface area contributed by atoms with Crippen LogP contribution in [0.5, 0.6) is 0 Å². The number of carbonyl (C=O) groups excluding carboxylic acids is 1. The number of hydrogen-bond acceptors (Lipinski definition) is 3. The van der Waals surface area contributed by atoms with Gasteiger partial charge in [0, 0.05) is 17.6 Å². The summed E-state index contributed by atoms with van der Waals surface area (Å²) in [6.07, 6.45) is 0.400. The molecule has 2 rings (SSSR count). The van der Waals surface area contributed by atoms with Crippen LogP contribution in [0.15, 0.2) is 24.3 Å². The molecule has 1 fully saturated rings. The van der Waals surface area contributed by atoms with Crippen LogP contribution < -0.4 is 11.1 Å². The molecule has 0 spiro atoms. The largest absolute Gasteiger partial charge is 0.399 e. The Bertz CT molecular complexity index is 396. The second kappa shape index (κ2) is 4.75. The van der Waals surface area contributed by atoms with Gasteiger partial charge in [0.05, 0.1) is 19.6 Å². The maximum Gasteiger partial charge on any atom is 0.224 e. The zero-order valence-corrected chi connectivity index (χ0v) is 10.0. The van der Waals surface area contributed by atoms with Crippen LogP contribution in [0.4, 0.5) is 5.69 Å². The molecular formula is C13H18N2O2. The molecule has 0 atom stereocenters. The van der Waals surface area contributed by atoms with Gasteiger partial charge in [-0.05, 0) is 17.7 Å². The lowest BCUT2D eigenvalue weighted by Gasteiger charge is -2.38. The van der Waals surface area contributed by atoms with E-state index in [0.29, 0.717) is 18.7 Å². The van der Waals surface area contributed by atoms with E-state index in [4.69, 9.17) is 10.5 Å². The fourth-order valence-electron chi connectivity index (χ4n) is 1.75. The van der Waals surface area contributed by atoms with Crippen molar-refractivity contribution >= 4 is 11.6 Å². The molecule has 1 aliphatic rings. The molecule has 0 bridgehead atoms. The number of benzene rings is 1. The molecule has 0 aromatic heterocycles. The van der Waals surface area contributed by atoms with Crippen molar-refractivity contribution in [1.29, 1.82) is 0 Å². The minimum atomic E-state index is 0.0443. The maximum absolute atomic E-state index is 11.7. The Balaban J connectivity index is 1.79. The van der Waals surface area contributed by atoms with E-state index < -0.39 is 0 Å². The minimum absolute atomic E-state index is 0.0443. The summed E-state index contributed by atoms with van der Waals surface area (Å²) >= 11 is 0. The third-order valence-electron chi connectivity index (χ3n) is 2.96. The molecule has 1 saturated heterocycles. The molecule has 1 aromatic carbocycles. The van der Waals surface area contributed by atoms with Crippen molar-refractivity contribution in [3.63, 3.8) is 0 Å². The van der Waals surface area contributed by atoms with E-state index in [1.54, 1.807) is 0 Å². The second-order valence-corrected chi connectivity index (χ2v) is 5.00. The Labute approximate surface area is 101 Å². The van der Waals surface area contributed by atoms with Gasteiger partial charge < -0.3 is 15.8 Å². The Morgan fingerprint density at radius 1 is 1.41 bits per heavy atom. The molecule has 17 heavy (non-hydrogen) atoms. The zero-order valence-electron chi connectivity index (χ0n) is 10.0. The van der Waals surface area contributed by atoms with Gasteiger partial charge in [-0.1, -0.05) is 19.1 Å². The molecule has 4 heteroatoms. The van der Waals surface area contributed by atoms with Gasteiger partial charge in [-0.2, -0.15) is 0 Å². The van der Waals surface area contributed by atoms with Gasteiger partial charge in [0.15, 0.2) is 0 Å². The highest BCUT2D eigenvalue weighted by Crippen LogP contribution is 2.25. The van der Waals surface area contributed by atoms with E-state index in [-0.39, 0.29) is 11.3 Å². The average Bonchev–Trinajstić information content (AvgIpc) is 2.27. The number of hydrogen-bond donors (Lipinski definition) is 2. The standard InChI is InChI=1S/C13H18N2O2/c1-13(8-17-9-13)7-15-12(16)6-10-2-4-11(14)5-3-10/h2-5H,6-9,14H2,1H3,(H,15,16). The predicted molar refractivity (Wildman–Crippen MR) is 66.5 cm³/mol. The summed E-state index contributed by atoms with van der Waals surface area (Å²) in [5, 5.41) is 2.94. The summed E-state index contributed by atoms with van der Waals surface area (Å²) in [6.45, 7) is 4.26. The number of nitrogens with two attached hydrogens (primary N) is 1. The Morgan fingerprint density at radius 2 is 2.06 bits per heavy atom. The monoisotopic (exact) mass is 234 g/mol. The molecule has 4 nitrogen and oxygen atoms in total. The van der Waals surface area contributed by atoms with E-state index in [1.807, 2.05) is 24.3 Å². The van der Waals surface area contributed by atoms with Crippen molar-refractivity contribution in [3.05, 3.63) is 29.8 Å². The third kappa shape index (κ3) is 3.20. The molecule has 1 heterocycles. The molecule has 92 valence electrons. The normalized spacial score (nSPS) is 17.2. The second-order valence-electron chi connectivity index (χ2n) is 5.00. The van der Waals surface area contributed by atoms with Crippen LogP contribution in [-0.2, 0) is 16.0 Å². The Morgan fingerprint density at radius 3 is 2.59 bits per heavy atom. The Hall–Kier alpha value is -1.55. The molecule has 1 aliphatic heterocycles. The molecule has 0 radical (unpaired) electrons. The van der Waals surface area contributed by atoms with Gasteiger partial charge in [-0.15, -0.1) is 0 Å². The van der Waals surface area contributed by atoms with Crippen LogP contribution in [-0.4, -0.2) is 25.7 Å². The van der Waals surface area contributed by atoms with Crippen molar-refractivity contribution in [2.24, 2.45) is 5.41 Å². The highest BCUT2D eigenvalue weighted by Gasteiger charge is 2.33. The van der Waals surface area contributed by atoms with E-state index in [9.17, 15) is 4.79 Å². The highest BCUT2D eigenvalue weighted by atomic mass is 16.5. The van der Waals surface area contributed by atoms with Crippen molar-refractivity contribution in [3.8, 4) is 0 Å². The van der Waals surface area contributed by atoms with Crippen LogP contribution in [0, 0.1) is 5.41 Å². The van der Waals surface area contributed by atoms with E-state index in [0.717, 1.165) is 18.8 Å². The smallest absolute Gasteiger partial charge is 0.224 e. The van der Waals surface area contributed by atoms with Gasteiger partial charge >= 0.3 is 0 Å². The molecular weight excluding hydrogens is 216 g/mol. The van der Waals surface area contributed by atoms with Crippen molar-refractivity contribution in [2.45, 2.75) is 13.3 Å². The lowest BCUT2D eigenvalue weighted by atomic mass is 9.89. The quantitative estimate of drug-likeness (QED) is 0.763. The summed E-state index contributed by atoms with van der Waals surface area (Å²) in [6, 6.07) is 7.37. The number of nitrogen functional groups attached to an aromatic ring is 1. The predicted octanol–water partition coefficient (Wildman–Crippen LogP) is 0.964. The van der Waals surface area contributed by atoms with Crippen molar-refractivity contribution in [2.75, 3.05) is 25.5 Å². The lowest BCUT2D eigenvalue weighted by Crippen LogP contribution is -2.48. The number of ether oxygens (including phenoxy) is 1. The lowest BCUT2D eigenvalue weighted by molar-refractivity contribution is -0.126. The fourth-order valence-corrected chi connectivity index (χ4v) is 1.75. The van der Waals surface area contributed by atoms with Gasteiger partial charge in [0.25, 0.3) is 0 Å². The summed E-state index contributed by atoms with van der Waals surface area (Å²) in [5.41, 5.74) is 7.40. The fraction of sp³-hybridized carbons (Fsp3) is 0.462. The number of anilines is 1. The Kier molecular flexibility index (Phi) is 3.33. The topological polar surface area (TPSA) is 64.4 Å². The summed E-state index contributed by atoms with van der Waals surface area (Å²) in [4.78, 5) is 11.7. The van der Waals surface area contributed by atoms with Gasteiger partial charge in [-0.3, -0.25) is 4.79 Å². The first kappa shape index (κ1) is 11.9. The van der Waals surface area contributed by atoms with Crippen molar-refractivity contribution in [1.82, 2.24) is 5.32 Å². The van der Waals surface area contributed by atoms with E-state index in [2.05, 4.69) is 12.2 Å². The van der Waals surface area contributed by atoms with E-state index in [1.165, 1.54) is 0 Å². The van der Waals surface area contributed by atoms with Crippen molar-refractivity contribution < 1.29 is 9.53 Å². The minimum Gasteiger partial charge on any atom is -0.399 e. The third-order valence-corrected chi connectivity index (χ3v) is 2.96.